The highest BCUT2D eigenvalue weighted by atomic mass is 16.5. The van der Waals surface area contributed by atoms with Crippen LogP contribution in [0.3, 0.4) is 0 Å². The summed E-state index contributed by atoms with van der Waals surface area (Å²) in [6.07, 6.45) is 3.33. The zero-order valence-corrected chi connectivity index (χ0v) is 13.4. The third kappa shape index (κ3) is 2.83. The van der Waals surface area contributed by atoms with Gasteiger partial charge < -0.3 is 4.74 Å². The zero-order chi connectivity index (χ0) is 16.4. The van der Waals surface area contributed by atoms with Crippen LogP contribution in [0.1, 0.15) is 28.8 Å². The summed E-state index contributed by atoms with van der Waals surface area (Å²) in [6.45, 7) is 0.580. The fourth-order valence-electron chi connectivity index (χ4n) is 3.19. The Hall–Kier alpha value is -2.87. The van der Waals surface area contributed by atoms with Crippen molar-refractivity contribution in [3.8, 4) is 5.75 Å². The van der Waals surface area contributed by atoms with Crippen molar-refractivity contribution in [2.24, 2.45) is 0 Å². The normalized spacial score (nSPS) is 13.1. The summed E-state index contributed by atoms with van der Waals surface area (Å²) >= 11 is 0. The Morgan fingerprint density at radius 2 is 1.71 bits per heavy atom. The minimum absolute atomic E-state index is 0.186. The molecule has 0 radical (unpaired) electrons. The molecule has 0 unspecified atom stereocenters. The number of allylic oxidation sites excluding steroid dienone is 1. The van der Waals surface area contributed by atoms with Gasteiger partial charge in [0.05, 0.1) is 0 Å². The molecular formula is C22H18O2. The van der Waals surface area contributed by atoms with E-state index in [0.717, 1.165) is 34.1 Å². The van der Waals surface area contributed by atoms with E-state index in [1.54, 1.807) is 0 Å². The quantitative estimate of drug-likeness (QED) is 0.612. The molecule has 0 fully saturated rings. The molecule has 0 saturated carbocycles. The Morgan fingerprint density at radius 3 is 2.62 bits per heavy atom. The average Bonchev–Trinajstić information content (AvgIpc) is 2.65. The van der Waals surface area contributed by atoms with Crippen molar-refractivity contribution in [2.45, 2.75) is 12.8 Å². The first kappa shape index (κ1) is 14.7. The maximum Gasteiger partial charge on any atom is 0.163 e. The van der Waals surface area contributed by atoms with Gasteiger partial charge in [-0.2, -0.15) is 0 Å². The number of ether oxygens (including phenoxy) is 1. The van der Waals surface area contributed by atoms with Gasteiger partial charge in [0, 0.05) is 17.5 Å². The van der Waals surface area contributed by atoms with Crippen molar-refractivity contribution in [3.63, 3.8) is 0 Å². The lowest BCUT2D eigenvalue weighted by molar-refractivity contribution is 0.0984. The average molecular weight is 314 g/mol. The highest BCUT2D eigenvalue weighted by Gasteiger charge is 2.15. The Balaban J connectivity index is 1.51. The number of ketones is 1. The van der Waals surface area contributed by atoms with E-state index in [1.807, 2.05) is 54.6 Å². The smallest absolute Gasteiger partial charge is 0.163 e. The summed E-state index contributed by atoms with van der Waals surface area (Å²) in [5.74, 6) is 1.10. The number of fused-ring (bicyclic) bond motifs is 2. The van der Waals surface area contributed by atoms with Crippen LogP contribution in [0.4, 0.5) is 0 Å². The Kier molecular flexibility index (Phi) is 3.87. The molecule has 0 N–H and O–H groups in total. The highest BCUT2D eigenvalue weighted by Crippen LogP contribution is 2.32. The summed E-state index contributed by atoms with van der Waals surface area (Å²) < 4.78 is 5.63. The topological polar surface area (TPSA) is 26.3 Å². The summed E-state index contributed by atoms with van der Waals surface area (Å²) in [7, 11) is 0. The van der Waals surface area contributed by atoms with E-state index in [2.05, 4.69) is 18.2 Å². The van der Waals surface area contributed by atoms with Gasteiger partial charge in [-0.05, 0) is 41.0 Å². The van der Waals surface area contributed by atoms with Gasteiger partial charge in [0.15, 0.2) is 5.78 Å². The van der Waals surface area contributed by atoms with Gasteiger partial charge in [-0.25, -0.2) is 0 Å². The molecule has 0 bridgehead atoms. The van der Waals surface area contributed by atoms with Gasteiger partial charge in [0.1, 0.15) is 12.4 Å². The first-order valence-electron chi connectivity index (χ1n) is 8.24. The summed E-state index contributed by atoms with van der Waals surface area (Å²) in [5.41, 5.74) is 3.09. The zero-order valence-electron chi connectivity index (χ0n) is 13.4. The van der Waals surface area contributed by atoms with E-state index in [0.29, 0.717) is 13.0 Å². The molecule has 1 aliphatic heterocycles. The number of rotatable bonds is 4. The number of hydrogen-bond donors (Lipinski definition) is 0. The third-order valence-corrected chi connectivity index (χ3v) is 4.49. The Morgan fingerprint density at radius 1 is 0.917 bits per heavy atom. The Labute approximate surface area is 141 Å². The fourth-order valence-corrected chi connectivity index (χ4v) is 3.19. The minimum atomic E-state index is 0.186. The number of benzene rings is 3. The van der Waals surface area contributed by atoms with Crippen LogP contribution in [-0.2, 0) is 0 Å². The van der Waals surface area contributed by atoms with E-state index in [-0.39, 0.29) is 5.78 Å². The fraction of sp³-hybridized carbons (Fsp3) is 0.136. The molecule has 3 aromatic rings. The lowest BCUT2D eigenvalue weighted by Crippen LogP contribution is -2.06. The van der Waals surface area contributed by atoms with E-state index in [9.17, 15) is 4.79 Å². The van der Waals surface area contributed by atoms with Crippen LogP contribution in [-0.4, -0.2) is 12.4 Å². The summed E-state index contributed by atoms with van der Waals surface area (Å²) in [4.78, 5) is 12.6. The number of carbonyl (C=O) groups is 1. The first-order chi connectivity index (χ1) is 11.8. The van der Waals surface area contributed by atoms with Crippen molar-refractivity contribution in [1.82, 2.24) is 0 Å². The maximum atomic E-state index is 12.6. The molecule has 0 aliphatic carbocycles. The van der Waals surface area contributed by atoms with Crippen molar-refractivity contribution in [2.75, 3.05) is 6.61 Å². The standard InChI is InChI=1S/C22H18O2/c23-21(19-10-9-16-5-1-2-6-18(16)15-19)12-11-17-13-14-24-22-8-4-3-7-20(17)22/h1-10,13,15H,11-12,14H2. The molecule has 118 valence electrons. The molecule has 0 saturated heterocycles. The predicted molar refractivity (Wildman–Crippen MR) is 97.4 cm³/mol. The van der Waals surface area contributed by atoms with Crippen LogP contribution >= 0.6 is 0 Å². The molecule has 2 nitrogen and oxygen atoms in total. The van der Waals surface area contributed by atoms with Crippen molar-refractivity contribution >= 4 is 22.1 Å². The molecule has 0 spiro atoms. The molecule has 0 aromatic heterocycles. The first-order valence-corrected chi connectivity index (χ1v) is 8.24. The van der Waals surface area contributed by atoms with Crippen LogP contribution in [0.25, 0.3) is 16.3 Å². The predicted octanol–water partition coefficient (Wildman–Crippen LogP) is 5.28. The van der Waals surface area contributed by atoms with Crippen LogP contribution in [0.2, 0.25) is 0 Å². The van der Waals surface area contributed by atoms with Gasteiger partial charge in [-0.15, -0.1) is 0 Å². The van der Waals surface area contributed by atoms with E-state index < -0.39 is 0 Å². The van der Waals surface area contributed by atoms with Gasteiger partial charge in [0.2, 0.25) is 0 Å². The molecule has 1 aliphatic rings. The molecule has 4 rings (SSSR count). The van der Waals surface area contributed by atoms with E-state index >= 15 is 0 Å². The number of para-hydroxylation sites is 1. The van der Waals surface area contributed by atoms with E-state index in [1.165, 1.54) is 5.57 Å². The number of Topliss-reactive ketones (excluding diaryl/α,β-unsaturated/α-hetero) is 1. The maximum absolute atomic E-state index is 12.6. The molecule has 2 heteroatoms. The summed E-state index contributed by atoms with van der Waals surface area (Å²) in [6, 6.07) is 22.1. The summed E-state index contributed by atoms with van der Waals surface area (Å²) in [5, 5.41) is 2.27. The van der Waals surface area contributed by atoms with Crippen LogP contribution in [0.15, 0.2) is 72.8 Å². The second-order valence-corrected chi connectivity index (χ2v) is 6.02. The monoisotopic (exact) mass is 314 g/mol. The van der Waals surface area contributed by atoms with Crippen LogP contribution < -0.4 is 4.74 Å². The molecule has 24 heavy (non-hydrogen) atoms. The third-order valence-electron chi connectivity index (χ3n) is 4.49. The van der Waals surface area contributed by atoms with E-state index in [4.69, 9.17) is 4.74 Å². The molecule has 0 amide bonds. The molecular weight excluding hydrogens is 296 g/mol. The van der Waals surface area contributed by atoms with Crippen molar-refractivity contribution < 1.29 is 9.53 Å². The lowest BCUT2D eigenvalue weighted by Gasteiger charge is -2.18. The molecule has 0 atom stereocenters. The minimum Gasteiger partial charge on any atom is -0.489 e. The van der Waals surface area contributed by atoms with Crippen molar-refractivity contribution in [1.29, 1.82) is 0 Å². The van der Waals surface area contributed by atoms with Gasteiger partial charge in [-0.1, -0.05) is 54.6 Å². The van der Waals surface area contributed by atoms with Gasteiger partial charge >= 0.3 is 0 Å². The largest absolute Gasteiger partial charge is 0.489 e. The highest BCUT2D eigenvalue weighted by molar-refractivity contribution is 6.00. The van der Waals surface area contributed by atoms with Gasteiger partial charge in [0.25, 0.3) is 0 Å². The van der Waals surface area contributed by atoms with Crippen molar-refractivity contribution in [3.05, 3.63) is 83.9 Å². The molecule has 3 aromatic carbocycles. The second kappa shape index (κ2) is 6.32. The van der Waals surface area contributed by atoms with Crippen LogP contribution in [0.5, 0.6) is 5.75 Å². The Bertz CT molecular complexity index is 937. The number of hydrogen-bond acceptors (Lipinski definition) is 2. The number of carbonyl (C=O) groups excluding carboxylic acids is 1. The second-order valence-electron chi connectivity index (χ2n) is 6.02. The lowest BCUT2D eigenvalue weighted by atomic mass is 9.95. The SMILES string of the molecule is O=C(CCC1=CCOc2ccccc21)c1ccc2ccccc2c1. The molecule has 1 heterocycles. The van der Waals surface area contributed by atoms with Gasteiger partial charge in [-0.3, -0.25) is 4.79 Å². The van der Waals surface area contributed by atoms with Crippen LogP contribution in [0, 0.1) is 0 Å².